The van der Waals surface area contributed by atoms with Gasteiger partial charge in [-0.1, -0.05) is 0 Å². The van der Waals surface area contributed by atoms with E-state index in [0.717, 1.165) is 45.8 Å². The zero-order chi connectivity index (χ0) is 13.4. The van der Waals surface area contributed by atoms with Crippen LogP contribution in [0.15, 0.2) is 0 Å². The Bertz CT molecular complexity index is 240. The summed E-state index contributed by atoms with van der Waals surface area (Å²) in [6.07, 6.45) is 1.58. The Morgan fingerprint density at radius 1 is 1.22 bits per heavy atom. The van der Waals surface area contributed by atoms with E-state index in [9.17, 15) is 4.79 Å². The van der Waals surface area contributed by atoms with E-state index in [4.69, 9.17) is 4.74 Å². The molecule has 1 unspecified atom stereocenters. The second kappa shape index (κ2) is 8.45. The van der Waals surface area contributed by atoms with Crippen LogP contribution in [-0.4, -0.2) is 75.4 Å². The zero-order valence-corrected chi connectivity index (χ0v) is 11.9. The van der Waals surface area contributed by atoms with Gasteiger partial charge in [-0.25, -0.2) is 0 Å². The Balaban J connectivity index is 2.17. The molecule has 106 valence electrons. The minimum Gasteiger partial charge on any atom is -0.469 e. The molecular weight excluding hydrogens is 232 g/mol. The van der Waals surface area contributed by atoms with Crippen LogP contribution in [0.1, 0.15) is 19.8 Å². The SMILES string of the molecule is COCCC(C)N1CCN(CCC(=O)OC)CC1. The van der Waals surface area contributed by atoms with Crippen molar-refractivity contribution in [2.45, 2.75) is 25.8 Å². The number of piperazine rings is 1. The maximum absolute atomic E-state index is 11.1. The van der Waals surface area contributed by atoms with Crippen LogP contribution in [0.25, 0.3) is 0 Å². The number of hydrogen-bond acceptors (Lipinski definition) is 5. The van der Waals surface area contributed by atoms with Crippen molar-refractivity contribution < 1.29 is 14.3 Å². The summed E-state index contributed by atoms with van der Waals surface area (Å²) in [5.74, 6) is -0.120. The molecule has 0 aromatic carbocycles. The molecule has 0 bridgehead atoms. The average Bonchev–Trinajstić information content (AvgIpc) is 2.42. The molecule has 0 radical (unpaired) electrons. The summed E-state index contributed by atoms with van der Waals surface area (Å²) in [5, 5.41) is 0. The van der Waals surface area contributed by atoms with Crippen LogP contribution in [-0.2, 0) is 14.3 Å². The van der Waals surface area contributed by atoms with Crippen molar-refractivity contribution in [1.82, 2.24) is 9.80 Å². The number of hydrogen-bond donors (Lipinski definition) is 0. The number of methoxy groups -OCH3 is 2. The van der Waals surface area contributed by atoms with E-state index in [1.165, 1.54) is 7.11 Å². The van der Waals surface area contributed by atoms with E-state index in [-0.39, 0.29) is 5.97 Å². The van der Waals surface area contributed by atoms with Gasteiger partial charge in [0.2, 0.25) is 0 Å². The number of nitrogens with zero attached hydrogens (tertiary/aromatic N) is 2. The maximum Gasteiger partial charge on any atom is 0.306 e. The second-order valence-electron chi connectivity index (χ2n) is 4.83. The predicted molar refractivity (Wildman–Crippen MR) is 70.6 cm³/mol. The smallest absolute Gasteiger partial charge is 0.306 e. The molecule has 0 saturated carbocycles. The van der Waals surface area contributed by atoms with Gasteiger partial charge in [-0.15, -0.1) is 0 Å². The molecule has 0 spiro atoms. The normalized spacial score (nSPS) is 19.7. The first kappa shape index (κ1) is 15.4. The summed E-state index contributed by atoms with van der Waals surface area (Å²) in [6.45, 7) is 8.11. The largest absolute Gasteiger partial charge is 0.469 e. The monoisotopic (exact) mass is 258 g/mol. The van der Waals surface area contributed by atoms with Gasteiger partial charge in [0.1, 0.15) is 0 Å². The summed E-state index contributed by atoms with van der Waals surface area (Å²) < 4.78 is 9.77. The van der Waals surface area contributed by atoms with Gasteiger partial charge in [-0.2, -0.15) is 0 Å². The summed E-state index contributed by atoms with van der Waals surface area (Å²) in [4.78, 5) is 15.9. The molecule has 18 heavy (non-hydrogen) atoms. The highest BCUT2D eigenvalue weighted by atomic mass is 16.5. The summed E-state index contributed by atoms with van der Waals surface area (Å²) in [7, 11) is 3.19. The third-order valence-corrected chi connectivity index (χ3v) is 3.63. The summed E-state index contributed by atoms with van der Waals surface area (Å²) >= 11 is 0. The van der Waals surface area contributed by atoms with Crippen LogP contribution in [0.5, 0.6) is 0 Å². The highest BCUT2D eigenvalue weighted by Crippen LogP contribution is 2.09. The Hall–Kier alpha value is -0.650. The lowest BCUT2D eigenvalue weighted by Crippen LogP contribution is -2.50. The highest BCUT2D eigenvalue weighted by Gasteiger charge is 2.21. The fourth-order valence-electron chi connectivity index (χ4n) is 2.25. The van der Waals surface area contributed by atoms with Gasteiger partial charge >= 0.3 is 5.97 Å². The maximum atomic E-state index is 11.1. The third-order valence-electron chi connectivity index (χ3n) is 3.63. The van der Waals surface area contributed by atoms with Gasteiger partial charge in [0, 0.05) is 52.5 Å². The van der Waals surface area contributed by atoms with E-state index >= 15 is 0 Å². The molecule has 1 heterocycles. The van der Waals surface area contributed by atoms with Crippen LogP contribution in [0, 0.1) is 0 Å². The van der Waals surface area contributed by atoms with Crippen LogP contribution >= 0.6 is 0 Å². The first-order chi connectivity index (χ1) is 8.67. The predicted octanol–water partition coefficient (Wildman–Crippen LogP) is 0.592. The summed E-state index contributed by atoms with van der Waals surface area (Å²) in [6, 6.07) is 0.577. The molecule has 0 amide bonds. The molecule has 0 aromatic rings. The van der Waals surface area contributed by atoms with Gasteiger partial charge in [-0.05, 0) is 13.3 Å². The minimum absolute atomic E-state index is 0.120. The van der Waals surface area contributed by atoms with Crippen molar-refractivity contribution in [3.63, 3.8) is 0 Å². The number of carbonyl (C=O) groups excluding carboxylic acids is 1. The number of ether oxygens (including phenoxy) is 2. The van der Waals surface area contributed by atoms with Crippen molar-refractivity contribution in [1.29, 1.82) is 0 Å². The van der Waals surface area contributed by atoms with Crippen LogP contribution < -0.4 is 0 Å². The van der Waals surface area contributed by atoms with Crippen molar-refractivity contribution in [2.24, 2.45) is 0 Å². The Morgan fingerprint density at radius 3 is 2.44 bits per heavy atom. The zero-order valence-electron chi connectivity index (χ0n) is 11.9. The minimum atomic E-state index is -0.120. The molecule has 0 aromatic heterocycles. The average molecular weight is 258 g/mol. The Kier molecular flexibility index (Phi) is 7.23. The molecule has 1 aliphatic rings. The lowest BCUT2D eigenvalue weighted by atomic mass is 10.2. The molecule has 1 atom stereocenters. The topological polar surface area (TPSA) is 42.0 Å². The molecule has 0 aliphatic carbocycles. The molecule has 0 N–H and O–H groups in total. The van der Waals surface area contributed by atoms with E-state index in [2.05, 4.69) is 21.5 Å². The van der Waals surface area contributed by atoms with Crippen molar-refractivity contribution in [2.75, 3.05) is 53.6 Å². The lowest BCUT2D eigenvalue weighted by molar-refractivity contribution is -0.141. The van der Waals surface area contributed by atoms with Crippen LogP contribution in [0.3, 0.4) is 0 Å². The number of rotatable bonds is 7. The van der Waals surface area contributed by atoms with Crippen LogP contribution in [0.4, 0.5) is 0 Å². The third kappa shape index (κ3) is 5.33. The van der Waals surface area contributed by atoms with Crippen molar-refractivity contribution >= 4 is 5.97 Å². The molecule has 1 rings (SSSR count). The first-order valence-corrected chi connectivity index (χ1v) is 6.69. The van der Waals surface area contributed by atoms with Gasteiger partial charge < -0.3 is 14.4 Å². The van der Waals surface area contributed by atoms with E-state index < -0.39 is 0 Å². The van der Waals surface area contributed by atoms with E-state index in [1.807, 2.05) is 0 Å². The molecule has 1 fully saturated rings. The Morgan fingerprint density at radius 2 is 1.89 bits per heavy atom. The lowest BCUT2D eigenvalue weighted by Gasteiger charge is -2.37. The first-order valence-electron chi connectivity index (χ1n) is 6.69. The van der Waals surface area contributed by atoms with E-state index in [0.29, 0.717) is 12.5 Å². The standard InChI is InChI=1S/C13H26N2O3/c1-12(5-11-17-2)15-9-7-14(8-10-15)6-4-13(16)18-3/h12H,4-11H2,1-3H3. The Labute approximate surface area is 110 Å². The molecular formula is C13H26N2O3. The fourth-order valence-corrected chi connectivity index (χ4v) is 2.25. The summed E-state index contributed by atoms with van der Waals surface area (Å²) in [5.41, 5.74) is 0. The molecule has 1 saturated heterocycles. The second-order valence-corrected chi connectivity index (χ2v) is 4.83. The van der Waals surface area contributed by atoms with Crippen molar-refractivity contribution in [3.05, 3.63) is 0 Å². The fraction of sp³-hybridized carbons (Fsp3) is 0.923. The molecule has 1 aliphatic heterocycles. The van der Waals surface area contributed by atoms with Gasteiger partial charge in [0.25, 0.3) is 0 Å². The molecule has 5 heteroatoms. The van der Waals surface area contributed by atoms with Gasteiger partial charge in [0.15, 0.2) is 0 Å². The van der Waals surface area contributed by atoms with E-state index in [1.54, 1.807) is 7.11 Å². The number of carbonyl (C=O) groups is 1. The molecule has 5 nitrogen and oxygen atoms in total. The van der Waals surface area contributed by atoms with Gasteiger partial charge in [-0.3, -0.25) is 9.69 Å². The quantitative estimate of drug-likeness (QED) is 0.625. The van der Waals surface area contributed by atoms with Gasteiger partial charge in [0.05, 0.1) is 13.5 Å². The number of esters is 1. The van der Waals surface area contributed by atoms with Crippen LogP contribution in [0.2, 0.25) is 0 Å². The highest BCUT2D eigenvalue weighted by molar-refractivity contribution is 5.69. The van der Waals surface area contributed by atoms with Crippen molar-refractivity contribution in [3.8, 4) is 0 Å².